The van der Waals surface area contributed by atoms with Crippen molar-refractivity contribution in [1.29, 1.82) is 0 Å². The highest BCUT2D eigenvalue weighted by Gasteiger charge is 2.14. The summed E-state index contributed by atoms with van der Waals surface area (Å²) >= 11 is 5.57. The molecule has 0 fully saturated rings. The lowest BCUT2D eigenvalue weighted by atomic mass is 10.2. The highest BCUT2D eigenvalue weighted by molar-refractivity contribution is 8.13. The monoisotopic (exact) mass is 238 g/mol. The van der Waals surface area contributed by atoms with Gasteiger partial charge in [-0.1, -0.05) is 12.1 Å². The van der Waals surface area contributed by atoms with Gasteiger partial charge in [-0.25, -0.2) is 8.42 Å². The van der Waals surface area contributed by atoms with Gasteiger partial charge in [-0.3, -0.25) is 0 Å². The quantitative estimate of drug-likeness (QED) is 0.587. The highest BCUT2D eigenvalue weighted by Crippen LogP contribution is 2.22. The van der Waals surface area contributed by atoms with Crippen LogP contribution in [0.3, 0.4) is 0 Å². The van der Waals surface area contributed by atoms with Gasteiger partial charge in [0.1, 0.15) is 0 Å². The summed E-state index contributed by atoms with van der Waals surface area (Å²) in [6, 6.07) is 4.97. The predicted octanol–water partition coefficient (Wildman–Crippen LogP) is 2.66. The van der Waals surface area contributed by atoms with Crippen molar-refractivity contribution in [3.8, 4) is 0 Å². The average molecular weight is 239 g/mol. The van der Waals surface area contributed by atoms with Crippen molar-refractivity contribution in [1.82, 2.24) is 0 Å². The van der Waals surface area contributed by atoms with E-state index in [0.29, 0.717) is 5.56 Å². The first kappa shape index (κ1) is 10.8. The SMILES string of the molecule is Cc1ccc(CCl)c(S(=O)(=O)Cl)c1. The third-order valence-corrected chi connectivity index (χ3v) is 3.32. The molecule has 0 aromatic heterocycles. The Balaban J connectivity index is 3.41. The summed E-state index contributed by atoms with van der Waals surface area (Å²) in [5.41, 5.74) is 1.37. The van der Waals surface area contributed by atoms with E-state index in [-0.39, 0.29) is 10.8 Å². The van der Waals surface area contributed by atoms with Crippen molar-refractivity contribution in [3.63, 3.8) is 0 Å². The molecule has 0 aliphatic carbocycles. The Labute approximate surface area is 86.9 Å². The molecule has 0 N–H and O–H groups in total. The second-order valence-corrected chi connectivity index (χ2v) is 5.48. The largest absolute Gasteiger partial charge is 0.261 e. The molecule has 0 spiro atoms. The number of rotatable bonds is 2. The fourth-order valence-corrected chi connectivity index (χ4v) is 2.52. The summed E-state index contributed by atoms with van der Waals surface area (Å²) in [6.45, 7) is 1.80. The van der Waals surface area contributed by atoms with Crippen LogP contribution in [0.25, 0.3) is 0 Å². The molecular formula is C8H8Cl2O2S. The predicted molar refractivity (Wildman–Crippen MR) is 53.8 cm³/mol. The number of hydrogen-bond acceptors (Lipinski definition) is 2. The summed E-state index contributed by atoms with van der Waals surface area (Å²) in [7, 11) is 1.55. The number of alkyl halides is 1. The molecule has 0 aliphatic rings. The summed E-state index contributed by atoms with van der Waals surface area (Å²) in [4.78, 5) is 0.101. The van der Waals surface area contributed by atoms with Crippen LogP contribution >= 0.6 is 22.3 Å². The minimum atomic E-state index is -3.68. The molecule has 0 amide bonds. The molecule has 1 aromatic rings. The van der Waals surface area contributed by atoms with Gasteiger partial charge < -0.3 is 0 Å². The Kier molecular flexibility index (Phi) is 3.22. The maximum absolute atomic E-state index is 11.1. The Hall–Kier alpha value is -0.250. The van der Waals surface area contributed by atoms with Gasteiger partial charge in [-0.15, -0.1) is 11.6 Å². The second-order valence-electron chi connectivity index (χ2n) is 2.68. The molecule has 0 unspecified atom stereocenters. The van der Waals surface area contributed by atoms with E-state index in [1.54, 1.807) is 19.1 Å². The van der Waals surface area contributed by atoms with Crippen molar-refractivity contribution in [2.45, 2.75) is 17.7 Å². The molecule has 1 aromatic carbocycles. The van der Waals surface area contributed by atoms with E-state index in [1.165, 1.54) is 6.07 Å². The van der Waals surface area contributed by atoms with Crippen LogP contribution in [0.2, 0.25) is 0 Å². The van der Waals surface area contributed by atoms with E-state index in [2.05, 4.69) is 0 Å². The molecule has 0 radical (unpaired) electrons. The Morgan fingerprint density at radius 2 is 2.00 bits per heavy atom. The van der Waals surface area contributed by atoms with Crippen LogP contribution in [0.4, 0.5) is 0 Å². The molecule has 2 nitrogen and oxygen atoms in total. The molecular weight excluding hydrogens is 231 g/mol. The topological polar surface area (TPSA) is 34.1 Å². The molecule has 0 aliphatic heterocycles. The Morgan fingerprint density at radius 1 is 1.38 bits per heavy atom. The van der Waals surface area contributed by atoms with Gasteiger partial charge in [0.2, 0.25) is 0 Å². The minimum absolute atomic E-state index is 0.101. The maximum atomic E-state index is 11.1. The molecule has 0 saturated heterocycles. The van der Waals surface area contributed by atoms with E-state index in [4.69, 9.17) is 22.3 Å². The van der Waals surface area contributed by atoms with E-state index >= 15 is 0 Å². The fraction of sp³-hybridized carbons (Fsp3) is 0.250. The fourth-order valence-electron chi connectivity index (χ4n) is 0.999. The van der Waals surface area contributed by atoms with Crippen molar-refractivity contribution in [2.75, 3.05) is 0 Å². The third-order valence-electron chi connectivity index (χ3n) is 1.63. The Bertz CT molecular complexity index is 412. The summed E-state index contributed by atoms with van der Waals surface area (Å²) in [5, 5.41) is 0. The molecule has 1 rings (SSSR count). The van der Waals surface area contributed by atoms with Gasteiger partial charge >= 0.3 is 0 Å². The van der Waals surface area contributed by atoms with Crippen molar-refractivity contribution in [2.24, 2.45) is 0 Å². The van der Waals surface area contributed by atoms with Crippen molar-refractivity contribution < 1.29 is 8.42 Å². The van der Waals surface area contributed by atoms with E-state index in [0.717, 1.165) is 5.56 Å². The number of halogens is 2. The zero-order valence-corrected chi connectivity index (χ0v) is 9.25. The minimum Gasteiger partial charge on any atom is -0.207 e. The zero-order valence-electron chi connectivity index (χ0n) is 6.92. The van der Waals surface area contributed by atoms with Gasteiger partial charge in [-0.2, -0.15) is 0 Å². The van der Waals surface area contributed by atoms with Crippen LogP contribution in [0.15, 0.2) is 23.1 Å². The maximum Gasteiger partial charge on any atom is 0.261 e. The standard InChI is InChI=1S/C8H8Cl2O2S/c1-6-2-3-7(5-9)8(4-6)13(10,11)12/h2-4H,5H2,1H3. The molecule has 72 valence electrons. The Morgan fingerprint density at radius 3 is 2.46 bits per heavy atom. The highest BCUT2D eigenvalue weighted by atomic mass is 35.7. The average Bonchev–Trinajstić information content (AvgIpc) is 2.03. The summed E-state index contributed by atoms with van der Waals surface area (Å²) in [5.74, 6) is 0.140. The van der Waals surface area contributed by atoms with Crippen LogP contribution < -0.4 is 0 Å². The lowest BCUT2D eigenvalue weighted by Crippen LogP contribution is -1.96. The first-order chi connectivity index (χ1) is 5.95. The van der Waals surface area contributed by atoms with Gasteiger partial charge in [0.25, 0.3) is 9.05 Å². The number of aryl methyl sites for hydroxylation is 1. The molecule has 13 heavy (non-hydrogen) atoms. The van der Waals surface area contributed by atoms with Crippen molar-refractivity contribution in [3.05, 3.63) is 29.3 Å². The molecule has 5 heteroatoms. The van der Waals surface area contributed by atoms with E-state index in [1.807, 2.05) is 0 Å². The third kappa shape index (κ3) is 2.59. The van der Waals surface area contributed by atoms with E-state index < -0.39 is 9.05 Å². The van der Waals surface area contributed by atoms with Gasteiger partial charge in [0.15, 0.2) is 0 Å². The summed E-state index contributed by atoms with van der Waals surface area (Å²) < 4.78 is 22.1. The lowest BCUT2D eigenvalue weighted by molar-refractivity contribution is 0.609. The summed E-state index contributed by atoms with van der Waals surface area (Å²) in [6.07, 6.45) is 0. The van der Waals surface area contributed by atoms with Crippen LogP contribution in [0.5, 0.6) is 0 Å². The molecule has 0 saturated carbocycles. The van der Waals surface area contributed by atoms with Crippen LogP contribution in [0, 0.1) is 6.92 Å². The van der Waals surface area contributed by atoms with Crippen molar-refractivity contribution >= 4 is 31.3 Å². The van der Waals surface area contributed by atoms with Crippen LogP contribution in [-0.4, -0.2) is 8.42 Å². The lowest BCUT2D eigenvalue weighted by Gasteiger charge is -2.03. The number of benzene rings is 1. The second kappa shape index (κ2) is 3.86. The molecule has 0 bridgehead atoms. The number of hydrogen-bond donors (Lipinski definition) is 0. The first-order valence-corrected chi connectivity index (χ1v) is 6.39. The van der Waals surface area contributed by atoms with Crippen LogP contribution in [-0.2, 0) is 14.9 Å². The van der Waals surface area contributed by atoms with Gasteiger partial charge in [0, 0.05) is 16.6 Å². The first-order valence-electron chi connectivity index (χ1n) is 3.55. The molecule has 0 heterocycles. The zero-order chi connectivity index (χ0) is 10.1. The van der Waals surface area contributed by atoms with Gasteiger partial charge in [0.05, 0.1) is 4.90 Å². The van der Waals surface area contributed by atoms with Crippen LogP contribution in [0.1, 0.15) is 11.1 Å². The van der Waals surface area contributed by atoms with E-state index in [9.17, 15) is 8.42 Å². The molecule has 0 atom stereocenters. The van der Waals surface area contributed by atoms with Gasteiger partial charge in [-0.05, 0) is 24.1 Å². The normalized spacial score (nSPS) is 11.6. The smallest absolute Gasteiger partial charge is 0.207 e.